The van der Waals surface area contributed by atoms with Crippen LogP contribution in [0.25, 0.3) is 0 Å². The van der Waals surface area contributed by atoms with Crippen LogP contribution < -0.4 is 4.74 Å². The third-order valence-electron chi connectivity index (χ3n) is 4.29. The topological polar surface area (TPSA) is 29.5 Å². The second-order valence-electron chi connectivity index (χ2n) is 5.80. The lowest BCUT2D eigenvalue weighted by molar-refractivity contribution is 0.106. The molecule has 1 fully saturated rings. The van der Waals surface area contributed by atoms with Crippen LogP contribution in [-0.4, -0.2) is 11.2 Å². The van der Waals surface area contributed by atoms with Gasteiger partial charge in [0.25, 0.3) is 0 Å². The highest BCUT2D eigenvalue weighted by molar-refractivity contribution is 5.30. The molecule has 2 aromatic carbocycles. The van der Waals surface area contributed by atoms with Gasteiger partial charge in [-0.2, -0.15) is 0 Å². The van der Waals surface area contributed by atoms with E-state index in [4.69, 9.17) is 4.74 Å². The van der Waals surface area contributed by atoms with E-state index in [0.717, 1.165) is 25.0 Å². The van der Waals surface area contributed by atoms with Crippen molar-refractivity contribution < 1.29 is 9.84 Å². The van der Waals surface area contributed by atoms with Gasteiger partial charge in [-0.15, -0.1) is 0 Å². The predicted octanol–water partition coefficient (Wildman–Crippen LogP) is 4.28. The molecule has 2 aromatic rings. The van der Waals surface area contributed by atoms with Gasteiger partial charge < -0.3 is 9.84 Å². The summed E-state index contributed by atoms with van der Waals surface area (Å²) >= 11 is 0. The van der Waals surface area contributed by atoms with Gasteiger partial charge in [-0.3, -0.25) is 0 Å². The summed E-state index contributed by atoms with van der Waals surface area (Å²) in [5.74, 6) is 1.18. The second kappa shape index (κ2) is 6.77. The van der Waals surface area contributed by atoms with E-state index >= 15 is 0 Å². The lowest BCUT2D eigenvalue weighted by Gasteiger charge is -2.28. The van der Waals surface area contributed by atoms with Crippen LogP contribution in [0.5, 0.6) is 5.75 Å². The normalized spacial score (nSPS) is 22.0. The van der Waals surface area contributed by atoms with E-state index in [-0.39, 0.29) is 6.10 Å². The average molecular weight is 282 g/mol. The first-order valence-electron chi connectivity index (χ1n) is 7.78. The first-order chi connectivity index (χ1) is 10.3. The van der Waals surface area contributed by atoms with Gasteiger partial charge in [0.05, 0.1) is 6.10 Å². The zero-order chi connectivity index (χ0) is 14.5. The summed E-state index contributed by atoms with van der Waals surface area (Å²) in [6, 6.07) is 18.4. The third kappa shape index (κ3) is 3.64. The summed E-state index contributed by atoms with van der Waals surface area (Å²) in [6.07, 6.45) is 4.20. The van der Waals surface area contributed by atoms with Crippen LogP contribution in [0.2, 0.25) is 0 Å². The summed E-state index contributed by atoms with van der Waals surface area (Å²) in [4.78, 5) is 0. The summed E-state index contributed by atoms with van der Waals surface area (Å²) in [5, 5.41) is 10.1. The number of hydrogen-bond acceptors (Lipinski definition) is 2. The molecule has 0 heterocycles. The van der Waals surface area contributed by atoms with E-state index in [0.29, 0.717) is 12.5 Å². The molecule has 0 radical (unpaired) electrons. The van der Waals surface area contributed by atoms with Crippen molar-refractivity contribution in [2.24, 2.45) is 0 Å². The minimum Gasteiger partial charge on any atom is -0.489 e. The van der Waals surface area contributed by atoms with Crippen LogP contribution in [0.15, 0.2) is 54.6 Å². The van der Waals surface area contributed by atoms with Crippen molar-refractivity contribution >= 4 is 0 Å². The molecule has 2 nitrogen and oxygen atoms in total. The molecule has 0 aliphatic heterocycles. The molecule has 0 unspecified atom stereocenters. The molecule has 2 atom stereocenters. The van der Waals surface area contributed by atoms with Crippen molar-refractivity contribution in [3.63, 3.8) is 0 Å². The van der Waals surface area contributed by atoms with Gasteiger partial charge >= 0.3 is 0 Å². The van der Waals surface area contributed by atoms with Crippen LogP contribution in [-0.2, 0) is 6.61 Å². The monoisotopic (exact) mass is 282 g/mol. The summed E-state index contributed by atoms with van der Waals surface area (Å²) in [5.41, 5.74) is 2.40. The van der Waals surface area contributed by atoms with E-state index in [9.17, 15) is 5.11 Å². The second-order valence-corrected chi connectivity index (χ2v) is 5.80. The highest BCUT2D eigenvalue weighted by Crippen LogP contribution is 2.33. The average Bonchev–Trinajstić information content (AvgIpc) is 2.55. The SMILES string of the molecule is O[C@H]1CCCC[C@@H]1c1ccc(OCc2ccccc2)cc1. The number of ether oxygens (including phenoxy) is 1. The highest BCUT2D eigenvalue weighted by atomic mass is 16.5. The molecule has 21 heavy (non-hydrogen) atoms. The molecule has 1 saturated carbocycles. The Morgan fingerprint density at radius 2 is 1.62 bits per heavy atom. The molecule has 1 aliphatic rings. The Balaban J connectivity index is 1.61. The van der Waals surface area contributed by atoms with Gasteiger partial charge in [0.15, 0.2) is 0 Å². The van der Waals surface area contributed by atoms with Crippen molar-refractivity contribution in [1.29, 1.82) is 0 Å². The first-order valence-corrected chi connectivity index (χ1v) is 7.78. The highest BCUT2D eigenvalue weighted by Gasteiger charge is 2.24. The van der Waals surface area contributed by atoms with Crippen molar-refractivity contribution in [3.8, 4) is 5.75 Å². The van der Waals surface area contributed by atoms with Crippen LogP contribution >= 0.6 is 0 Å². The quantitative estimate of drug-likeness (QED) is 0.906. The predicted molar refractivity (Wildman–Crippen MR) is 84.4 cm³/mol. The Labute approximate surface area is 126 Å². The molecular formula is C19H22O2. The molecule has 0 aromatic heterocycles. The van der Waals surface area contributed by atoms with Crippen LogP contribution in [0.4, 0.5) is 0 Å². The fourth-order valence-corrected chi connectivity index (χ4v) is 3.05. The van der Waals surface area contributed by atoms with Crippen molar-refractivity contribution in [2.75, 3.05) is 0 Å². The smallest absolute Gasteiger partial charge is 0.119 e. The van der Waals surface area contributed by atoms with Gasteiger partial charge in [-0.05, 0) is 36.1 Å². The maximum atomic E-state index is 10.1. The first kappa shape index (κ1) is 14.2. The third-order valence-corrected chi connectivity index (χ3v) is 4.29. The van der Waals surface area contributed by atoms with Crippen molar-refractivity contribution in [1.82, 2.24) is 0 Å². The van der Waals surface area contributed by atoms with E-state index in [1.54, 1.807) is 0 Å². The standard InChI is InChI=1S/C19H22O2/c20-19-9-5-4-8-18(19)16-10-12-17(13-11-16)21-14-15-6-2-1-3-7-15/h1-3,6-7,10-13,18-20H,4-5,8-9,14H2/t18-,19+/m1/s1. The Hall–Kier alpha value is -1.80. The van der Waals surface area contributed by atoms with E-state index in [1.807, 2.05) is 30.3 Å². The van der Waals surface area contributed by atoms with Crippen molar-refractivity contribution in [3.05, 3.63) is 65.7 Å². The van der Waals surface area contributed by atoms with Gasteiger partial charge in [0.1, 0.15) is 12.4 Å². The van der Waals surface area contributed by atoms with Crippen LogP contribution in [0.1, 0.15) is 42.7 Å². The minimum absolute atomic E-state index is 0.185. The number of aliphatic hydroxyl groups is 1. The molecule has 1 aliphatic carbocycles. The van der Waals surface area contributed by atoms with Gasteiger partial charge in [-0.1, -0.05) is 55.3 Å². The summed E-state index contributed by atoms with van der Waals surface area (Å²) in [7, 11) is 0. The fourth-order valence-electron chi connectivity index (χ4n) is 3.05. The van der Waals surface area contributed by atoms with Crippen LogP contribution in [0, 0.1) is 0 Å². The number of hydrogen-bond donors (Lipinski definition) is 1. The Kier molecular flexibility index (Phi) is 4.56. The number of aliphatic hydroxyl groups excluding tert-OH is 1. The molecule has 0 spiro atoms. The van der Waals surface area contributed by atoms with Gasteiger partial charge in [0, 0.05) is 5.92 Å². The zero-order valence-electron chi connectivity index (χ0n) is 12.2. The van der Waals surface area contributed by atoms with Crippen LogP contribution in [0.3, 0.4) is 0 Å². The lowest BCUT2D eigenvalue weighted by atomic mass is 9.82. The summed E-state index contributed by atoms with van der Waals surface area (Å²) in [6.45, 7) is 0.590. The van der Waals surface area contributed by atoms with E-state index in [2.05, 4.69) is 24.3 Å². The Bertz CT molecular complexity index is 548. The van der Waals surface area contributed by atoms with Gasteiger partial charge in [-0.25, -0.2) is 0 Å². The maximum absolute atomic E-state index is 10.1. The van der Waals surface area contributed by atoms with E-state index in [1.165, 1.54) is 17.5 Å². The maximum Gasteiger partial charge on any atom is 0.119 e. The molecule has 0 bridgehead atoms. The van der Waals surface area contributed by atoms with Gasteiger partial charge in [0.2, 0.25) is 0 Å². The lowest BCUT2D eigenvalue weighted by Crippen LogP contribution is -2.22. The zero-order valence-corrected chi connectivity index (χ0v) is 12.2. The fraction of sp³-hybridized carbons (Fsp3) is 0.368. The Morgan fingerprint density at radius 3 is 2.33 bits per heavy atom. The van der Waals surface area contributed by atoms with Crippen molar-refractivity contribution in [2.45, 2.75) is 44.3 Å². The molecule has 0 saturated heterocycles. The molecule has 110 valence electrons. The molecule has 0 amide bonds. The molecular weight excluding hydrogens is 260 g/mol. The Morgan fingerprint density at radius 1 is 0.905 bits per heavy atom. The number of benzene rings is 2. The molecule has 3 rings (SSSR count). The largest absolute Gasteiger partial charge is 0.489 e. The molecule has 2 heteroatoms. The van der Waals surface area contributed by atoms with E-state index < -0.39 is 0 Å². The summed E-state index contributed by atoms with van der Waals surface area (Å²) < 4.78 is 5.80. The number of rotatable bonds is 4. The minimum atomic E-state index is -0.185. The molecule has 1 N–H and O–H groups in total.